The van der Waals surface area contributed by atoms with E-state index in [0.29, 0.717) is 32.0 Å². The van der Waals surface area contributed by atoms with Gasteiger partial charge in [0, 0.05) is 19.6 Å². The summed E-state index contributed by atoms with van der Waals surface area (Å²) in [6.07, 6.45) is 2.74. The lowest BCUT2D eigenvalue weighted by Gasteiger charge is -2.26. The first-order valence-corrected chi connectivity index (χ1v) is 6.63. The van der Waals surface area contributed by atoms with Crippen LogP contribution < -0.4 is 10.7 Å². The zero-order valence-corrected chi connectivity index (χ0v) is 11.2. The van der Waals surface area contributed by atoms with E-state index in [4.69, 9.17) is 4.74 Å². The van der Waals surface area contributed by atoms with Crippen molar-refractivity contribution in [2.45, 2.75) is 13.3 Å². The molecule has 0 unspecified atom stereocenters. The van der Waals surface area contributed by atoms with Crippen LogP contribution in [-0.2, 0) is 4.74 Å². The molecule has 0 saturated carbocycles. The number of nitrogens with zero attached hydrogens (tertiary/aromatic N) is 2. The molecule has 2 rings (SSSR count). The lowest BCUT2D eigenvalue weighted by atomic mass is 10.3. The SMILES string of the molecule is CCCNc1ccc(C(=O)NN2CCOCC2)nc1. The average Bonchev–Trinajstić information content (AvgIpc) is 2.46. The maximum Gasteiger partial charge on any atom is 0.284 e. The topological polar surface area (TPSA) is 66.5 Å². The number of nitrogens with one attached hydrogen (secondary N) is 2. The summed E-state index contributed by atoms with van der Waals surface area (Å²) in [6, 6.07) is 3.60. The van der Waals surface area contributed by atoms with Gasteiger partial charge in [0.15, 0.2) is 0 Å². The third kappa shape index (κ3) is 4.18. The molecule has 2 heterocycles. The molecule has 1 aromatic rings. The van der Waals surface area contributed by atoms with E-state index in [1.807, 2.05) is 11.1 Å². The van der Waals surface area contributed by atoms with Crippen molar-refractivity contribution in [3.05, 3.63) is 24.0 Å². The third-order valence-corrected chi connectivity index (χ3v) is 2.85. The predicted molar refractivity (Wildman–Crippen MR) is 72.9 cm³/mol. The number of hydrazine groups is 1. The van der Waals surface area contributed by atoms with Crippen LogP contribution >= 0.6 is 0 Å². The molecule has 1 amide bonds. The Morgan fingerprint density at radius 3 is 2.84 bits per heavy atom. The molecule has 1 saturated heterocycles. The van der Waals surface area contributed by atoms with Gasteiger partial charge in [-0.25, -0.2) is 9.99 Å². The van der Waals surface area contributed by atoms with Gasteiger partial charge in [0.25, 0.3) is 5.91 Å². The number of amides is 1. The van der Waals surface area contributed by atoms with E-state index in [9.17, 15) is 4.79 Å². The van der Waals surface area contributed by atoms with Crippen LogP contribution in [0, 0.1) is 0 Å². The summed E-state index contributed by atoms with van der Waals surface area (Å²) in [5.74, 6) is -0.177. The first-order valence-electron chi connectivity index (χ1n) is 6.63. The summed E-state index contributed by atoms with van der Waals surface area (Å²) in [7, 11) is 0. The molecule has 19 heavy (non-hydrogen) atoms. The van der Waals surface area contributed by atoms with E-state index >= 15 is 0 Å². The second kappa shape index (κ2) is 7.06. The Kier molecular flexibility index (Phi) is 5.11. The van der Waals surface area contributed by atoms with E-state index in [0.717, 1.165) is 18.7 Å². The second-order valence-corrected chi connectivity index (χ2v) is 4.40. The number of carbonyl (C=O) groups is 1. The van der Waals surface area contributed by atoms with Gasteiger partial charge in [-0.05, 0) is 18.6 Å². The smallest absolute Gasteiger partial charge is 0.284 e. The highest BCUT2D eigenvalue weighted by molar-refractivity contribution is 5.92. The molecule has 0 spiro atoms. The van der Waals surface area contributed by atoms with Crippen molar-refractivity contribution < 1.29 is 9.53 Å². The van der Waals surface area contributed by atoms with Crippen LogP contribution in [0.3, 0.4) is 0 Å². The van der Waals surface area contributed by atoms with E-state index in [1.54, 1.807) is 12.3 Å². The Morgan fingerprint density at radius 2 is 2.21 bits per heavy atom. The van der Waals surface area contributed by atoms with Crippen molar-refractivity contribution in [3.8, 4) is 0 Å². The minimum Gasteiger partial charge on any atom is -0.384 e. The largest absolute Gasteiger partial charge is 0.384 e. The maximum absolute atomic E-state index is 12.0. The van der Waals surface area contributed by atoms with Gasteiger partial charge >= 0.3 is 0 Å². The average molecular weight is 264 g/mol. The van der Waals surface area contributed by atoms with Gasteiger partial charge in [0.2, 0.25) is 0 Å². The first-order chi connectivity index (χ1) is 9.29. The fourth-order valence-electron chi connectivity index (χ4n) is 1.78. The lowest BCUT2D eigenvalue weighted by Crippen LogP contribution is -2.48. The number of anilines is 1. The summed E-state index contributed by atoms with van der Waals surface area (Å²) in [6.45, 7) is 5.72. The minimum atomic E-state index is -0.177. The van der Waals surface area contributed by atoms with Gasteiger partial charge in [-0.1, -0.05) is 6.92 Å². The standard InChI is InChI=1S/C13H20N4O2/c1-2-5-14-11-3-4-12(15-10-11)13(18)16-17-6-8-19-9-7-17/h3-4,10,14H,2,5-9H2,1H3,(H,16,18). The molecule has 1 aliphatic rings. The van der Waals surface area contributed by atoms with E-state index < -0.39 is 0 Å². The highest BCUT2D eigenvalue weighted by Gasteiger charge is 2.14. The van der Waals surface area contributed by atoms with Crippen LogP contribution in [0.25, 0.3) is 0 Å². The summed E-state index contributed by atoms with van der Waals surface area (Å²) in [5, 5.41) is 5.08. The maximum atomic E-state index is 12.0. The molecule has 0 aliphatic carbocycles. The normalized spacial score (nSPS) is 16.1. The third-order valence-electron chi connectivity index (χ3n) is 2.85. The van der Waals surface area contributed by atoms with Crippen molar-refractivity contribution in [2.75, 3.05) is 38.2 Å². The lowest BCUT2D eigenvalue weighted by molar-refractivity contribution is 0.0124. The molecule has 1 fully saturated rings. The number of hydrogen-bond donors (Lipinski definition) is 2. The van der Waals surface area contributed by atoms with Crippen molar-refractivity contribution in [3.63, 3.8) is 0 Å². The van der Waals surface area contributed by atoms with Crippen molar-refractivity contribution in [2.24, 2.45) is 0 Å². The van der Waals surface area contributed by atoms with Gasteiger partial charge in [-0.2, -0.15) is 0 Å². The van der Waals surface area contributed by atoms with E-state index in [1.165, 1.54) is 0 Å². The molecular formula is C13H20N4O2. The minimum absolute atomic E-state index is 0.177. The van der Waals surface area contributed by atoms with Gasteiger partial charge in [-0.3, -0.25) is 10.2 Å². The number of aromatic nitrogens is 1. The molecule has 0 atom stereocenters. The Morgan fingerprint density at radius 1 is 1.42 bits per heavy atom. The number of rotatable bonds is 5. The first kappa shape index (κ1) is 13.8. The van der Waals surface area contributed by atoms with Crippen LogP contribution in [0.1, 0.15) is 23.8 Å². The number of morpholine rings is 1. The van der Waals surface area contributed by atoms with Gasteiger partial charge in [-0.15, -0.1) is 0 Å². The summed E-state index contributed by atoms with van der Waals surface area (Å²) >= 11 is 0. The fourth-order valence-corrected chi connectivity index (χ4v) is 1.78. The molecule has 1 aromatic heterocycles. The highest BCUT2D eigenvalue weighted by atomic mass is 16.5. The van der Waals surface area contributed by atoms with Crippen molar-refractivity contribution in [1.29, 1.82) is 0 Å². The number of ether oxygens (including phenoxy) is 1. The van der Waals surface area contributed by atoms with Crippen molar-refractivity contribution >= 4 is 11.6 Å². The molecular weight excluding hydrogens is 244 g/mol. The van der Waals surface area contributed by atoms with Crippen LogP contribution in [0.4, 0.5) is 5.69 Å². The Labute approximate surface area is 113 Å². The molecule has 6 heteroatoms. The van der Waals surface area contributed by atoms with Crippen molar-refractivity contribution in [1.82, 2.24) is 15.4 Å². The highest BCUT2D eigenvalue weighted by Crippen LogP contribution is 2.06. The quantitative estimate of drug-likeness (QED) is 0.826. The van der Waals surface area contributed by atoms with Gasteiger partial charge < -0.3 is 10.1 Å². The van der Waals surface area contributed by atoms with Gasteiger partial charge in [0.1, 0.15) is 5.69 Å². The van der Waals surface area contributed by atoms with Crippen LogP contribution in [-0.4, -0.2) is 48.7 Å². The van der Waals surface area contributed by atoms with E-state index in [-0.39, 0.29) is 5.91 Å². The Balaban J connectivity index is 1.87. The summed E-state index contributed by atoms with van der Waals surface area (Å²) in [5.41, 5.74) is 4.19. The second-order valence-electron chi connectivity index (χ2n) is 4.40. The zero-order chi connectivity index (χ0) is 13.5. The Bertz CT molecular complexity index is 402. The monoisotopic (exact) mass is 264 g/mol. The predicted octanol–water partition coefficient (Wildman–Crippen LogP) is 0.880. The number of carbonyl (C=O) groups excluding carboxylic acids is 1. The molecule has 104 valence electrons. The van der Waals surface area contributed by atoms with Crippen LogP contribution in [0.2, 0.25) is 0 Å². The molecule has 2 N–H and O–H groups in total. The van der Waals surface area contributed by atoms with Gasteiger partial charge in [0.05, 0.1) is 25.1 Å². The molecule has 0 bridgehead atoms. The van der Waals surface area contributed by atoms with Crippen LogP contribution in [0.5, 0.6) is 0 Å². The number of pyridine rings is 1. The zero-order valence-electron chi connectivity index (χ0n) is 11.2. The molecule has 6 nitrogen and oxygen atoms in total. The molecule has 0 aromatic carbocycles. The fraction of sp³-hybridized carbons (Fsp3) is 0.538. The van der Waals surface area contributed by atoms with Crippen LogP contribution in [0.15, 0.2) is 18.3 Å². The summed E-state index contributed by atoms with van der Waals surface area (Å²) < 4.78 is 5.22. The summed E-state index contributed by atoms with van der Waals surface area (Å²) in [4.78, 5) is 16.1. The molecule has 1 aliphatic heterocycles. The molecule has 0 radical (unpaired) electrons. The van der Waals surface area contributed by atoms with E-state index in [2.05, 4.69) is 22.7 Å². The Hall–Kier alpha value is -1.66. The number of hydrogen-bond acceptors (Lipinski definition) is 5.